The van der Waals surface area contributed by atoms with Crippen molar-refractivity contribution >= 4 is 29.7 Å². The number of hydrogen-bond acceptors (Lipinski definition) is 8. The number of hydrazone groups is 1. The van der Waals surface area contributed by atoms with Gasteiger partial charge in [-0.15, -0.1) is 10.2 Å². The second kappa shape index (κ2) is 8.35. The maximum Gasteiger partial charge on any atom is 0.332 e. The van der Waals surface area contributed by atoms with Gasteiger partial charge in [0.2, 0.25) is 0 Å². The lowest BCUT2D eigenvalue weighted by Gasteiger charge is -2.08. The number of hydrogen-bond donors (Lipinski definition) is 2. The first-order chi connectivity index (χ1) is 13.5. The number of amides is 2. The van der Waals surface area contributed by atoms with Crippen LogP contribution in [0.5, 0.6) is 0 Å². The van der Waals surface area contributed by atoms with Gasteiger partial charge in [0, 0.05) is 29.1 Å². The lowest BCUT2D eigenvalue weighted by molar-refractivity contribution is -0.384. The third-order valence-corrected chi connectivity index (χ3v) is 4.63. The predicted molar refractivity (Wildman–Crippen MR) is 101 cm³/mol. The number of nitro benzene ring substituents is 1. The van der Waals surface area contributed by atoms with Crippen molar-refractivity contribution in [3.8, 4) is 11.6 Å². The van der Waals surface area contributed by atoms with Crippen molar-refractivity contribution in [3.63, 3.8) is 0 Å². The molecule has 0 atom stereocenters. The van der Waals surface area contributed by atoms with Crippen molar-refractivity contribution in [1.82, 2.24) is 20.2 Å². The molecule has 144 valence electrons. The van der Waals surface area contributed by atoms with Crippen molar-refractivity contribution in [2.24, 2.45) is 10.8 Å². The van der Waals surface area contributed by atoms with E-state index in [1.807, 2.05) is 11.5 Å². The highest BCUT2D eigenvalue weighted by atomic mass is 32.2. The van der Waals surface area contributed by atoms with Crippen molar-refractivity contribution in [3.05, 3.63) is 52.3 Å². The van der Waals surface area contributed by atoms with Crippen LogP contribution in [0.25, 0.3) is 11.6 Å². The Labute approximate surface area is 162 Å². The number of nitrogens with one attached hydrogen (secondary N) is 1. The first kappa shape index (κ1) is 19.1. The van der Waals surface area contributed by atoms with Gasteiger partial charge in [0.05, 0.1) is 17.4 Å². The monoisotopic (exact) mass is 401 g/mol. The number of rotatable bonds is 7. The summed E-state index contributed by atoms with van der Waals surface area (Å²) in [5, 5.41) is 23.7. The van der Waals surface area contributed by atoms with E-state index in [1.54, 1.807) is 24.5 Å². The highest BCUT2D eigenvalue weighted by molar-refractivity contribution is 7.99. The molecule has 0 radical (unpaired) electrons. The molecule has 3 N–H and O–H groups in total. The maximum absolute atomic E-state index is 11.1. The van der Waals surface area contributed by atoms with Gasteiger partial charge in [-0.1, -0.05) is 0 Å². The Morgan fingerprint density at radius 3 is 2.93 bits per heavy atom. The summed E-state index contributed by atoms with van der Waals surface area (Å²) in [7, 11) is 0. The Kier molecular flexibility index (Phi) is 5.69. The molecule has 11 nitrogen and oxygen atoms in total. The topological polar surface area (TPSA) is 154 Å². The first-order valence-electron chi connectivity index (χ1n) is 8.01. The predicted octanol–water partition coefficient (Wildman–Crippen LogP) is 2.62. The third-order valence-electron chi connectivity index (χ3n) is 3.56. The molecule has 0 saturated carbocycles. The number of aromatic nitrogens is 3. The van der Waals surface area contributed by atoms with Crippen LogP contribution in [0.2, 0.25) is 0 Å². The summed E-state index contributed by atoms with van der Waals surface area (Å²) in [6.07, 6.45) is 2.83. The maximum atomic E-state index is 11.1. The molecule has 3 aromatic rings. The van der Waals surface area contributed by atoms with Gasteiger partial charge in [0.1, 0.15) is 0 Å². The number of primary amides is 1. The van der Waals surface area contributed by atoms with Crippen molar-refractivity contribution in [2.75, 3.05) is 0 Å². The zero-order valence-electron chi connectivity index (χ0n) is 14.6. The second-order valence-electron chi connectivity index (χ2n) is 5.34. The highest BCUT2D eigenvalue weighted by Crippen LogP contribution is 2.33. The van der Waals surface area contributed by atoms with E-state index in [0.717, 1.165) is 0 Å². The van der Waals surface area contributed by atoms with Crippen molar-refractivity contribution < 1.29 is 14.1 Å². The molecule has 0 fully saturated rings. The molecule has 28 heavy (non-hydrogen) atoms. The number of carbonyl (C=O) groups is 1. The number of carbonyl (C=O) groups excluding carboxylic acids is 1. The van der Waals surface area contributed by atoms with Crippen LogP contribution in [-0.4, -0.2) is 31.9 Å². The fraction of sp³-hybridized carbons (Fsp3) is 0.125. The lowest BCUT2D eigenvalue weighted by atomic mass is 10.2. The normalized spacial score (nSPS) is 11.0. The molecule has 0 aliphatic heterocycles. The Hall–Kier alpha value is -3.67. The van der Waals surface area contributed by atoms with Gasteiger partial charge in [0.15, 0.2) is 16.7 Å². The summed E-state index contributed by atoms with van der Waals surface area (Å²) >= 11 is 1.25. The first-order valence-corrected chi connectivity index (χ1v) is 8.83. The molecule has 1 aromatic carbocycles. The van der Waals surface area contributed by atoms with E-state index in [0.29, 0.717) is 33.7 Å². The zero-order valence-corrected chi connectivity index (χ0v) is 15.4. The van der Waals surface area contributed by atoms with Crippen LogP contribution in [0, 0.1) is 10.1 Å². The summed E-state index contributed by atoms with van der Waals surface area (Å²) < 4.78 is 7.24. The smallest absolute Gasteiger partial charge is 0.332 e. The van der Waals surface area contributed by atoms with E-state index < -0.39 is 11.0 Å². The van der Waals surface area contributed by atoms with E-state index in [-0.39, 0.29) is 5.69 Å². The molecule has 0 saturated heterocycles. The van der Waals surface area contributed by atoms with Gasteiger partial charge >= 0.3 is 6.03 Å². The van der Waals surface area contributed by atoms with Crippen LogP contribution >= 0.6 is 11.8 Å². The number of nitrogens with zero attached hydrogens (tertiary/aromatic N) is 5. The molecule has 12 heteroatoms. The van der Waals surface area contributed by atoms with Gasteiger partial charge in [-0.05, 0) is 36.9 Å². The minimum atomic E-state index is -0.843. The minimum Gasteiger partial charge on any atom is -0.461 e. The van der Waals surface area contributed by atoms with Gasteiger partial charge < -0.3 is 10.2 Å². The Morgan fingerprint density at radius 1 is 1.46 bits per heavy atom. The van der Waals surface area contributed by atoms with Crippen LogP contribution in [-0.2, 0) is 6.54 Å². The third kappa shape index (κ3) is 4.17. The number of nitro groups is 1. The highest BCUT2D eigenvalue weighted by Gasteiger charge is 2.18. The molecule has 3 rings (SSSR count). The number of furan rings is 1. The molecule has 0 aliphatic carbocycles. The van der Waals surface area contributed by atoms with Gasteiger partial charge in [0.25, 0.3) is 5.69 Å². The van der Waals surface area contributed by atoms with Gasteiger partial charge in [-0.3, -0.25) is 14.7 Å². The van der Waals surface area contributed by atoms with Crippen molar-refractivity contribution in [2.45, 2.75) is 23.5 Å². The molecular weight excluding hydrogens is 386 g/mol. The van der Waals surface area contributed by atoms with Crippen LogP contribution in [0.15, 0.2) is 56.2 Å². The van der Waals surface area contributed by atoms with Crippen LogP contribution in [0.4, 0.5) is 10.5 Å². The Morgan fingerprint density at radius 2 is 2.29 bits per heavy atom. The Balaban J connectivity index is 1.96. The summed E-state index contributed by atoms with van der Waals surface area (Å²) in [6, 6.07) is 6.99. The fourth-order valence-electron chi connectivity index (χ4n) is 2.34. The average Bonchev–Trinajstić information content (AvgIpc) is 3.31. The van der Waals surface area contributed by atoms with E-state index in [1.165, 1.54) is 30.1 Å². The van der Waals surface area contributed by atoms with Crippen molar-refractivity contribution in [1.29, 1.82) is 0 Å². The molecule has 0 aliphatic rings. The number of benzene rings is 1. The summed E-state index contributed by atoms with van der Waals surface area (Å²) in [4.78, 5) is 22.0. The molecule has 0 spiro atoms. The van der Waals surface area contributed by atoms with E-state index in [2.05, 4.69) is 20.7 Å². The summed E-state index contributed by atoms with van der Waals surface area (Å²) in [5.74, 6) is 1.15. The number of nitrogens with two attached hydrogens (primary N) is 1. The van der Waals surface area contributed by atoms with E-state index in [9.17, 15) is 14.9 Å². The molecule has 2 amide bonds. The minimum absolute atomic E-state index is 0.113. The zero-order chi connectivity index (χ0) is 20.1. The summed E-state index contributed by atoms with van der Waals surface area (Å²) in [5.41, 5.74) is 7.34. The quantitative estimate of drug-likeness (QED) is 0.350. The standard InChI is InChI=1S/C16H15N7O4S/c1-2-22-14(12-4-3-7-27-12)19-21-16(22)28-13-6-5-11(23(25)26)8-10(13)9-18-20-15(17)24/h3-9H,2H2,1H3,(H3,17,20,24)/b18-9-. The van der Waals surface area contributed by atoms with E-state index in [4.69, 9.17) is 10.2 Å². The molecule has 2 heterocycles. The molecular formula is C16H15N7O4S. The number of non-ortho nitro benzene ring substituents is 1. The van der Waals surface area contributed by atoms with Crippen LogP contribution in [0.3, 0.4) is 0 Å². The fourth-order valence-corrected chi connectivity index (χ4v) is 3.31. The van der Waals surface area contributed by atoms with Crippen LogP contribution in [0.1, 0.15) is 12.5 Å². The van der Waals surface area contributed by atoms with E-state index >= 15 is 0 Å². The Bertz CT molecular complexity index is 1030. The average molecular weight is 401 g/mol. The summed E-state index contributed by atoms with van der Waals surface area (Å²) in [6.45, 7) is 2.53. The van der Waals surface area contributed by atoms with Gasteiger partial charge in [-0.2, -0.15) is 5.10 Å². The lowest BCUT2D eigenvalue weighted by Crippen LogP contribution is -2.24. The van der Waals surface area contributed by atoms with Gasteiger partial charge in [-0.25, -0.2) is 10.2 Å². The number of urea groups is 1. The molecule has 2 aromatic heterocycles. The molecule has 0 unspecified atom stereocenters. The van der Waals surface area contributed by atoms with Crippen LogP contribution < -0.4 is 11.2 Å². The SMILES string of the molecule is CCn1c(Sc2ccc([N+](=O)[O-])cc2/C=N\NC(N)=O)nnc1-c1ccco1. The largest absolute Gasteiger partial charge is 0.461 e. The molecule has 0 bridgehead atoms. The second-order valence-corrected chi connectivity index (χ2v) is 6.35.